The first-order valence-corrected chi connectivity index (χ1v) is 10.2. The summed E-state index contributed by atoms with van der Waals surface area (Å²) in [6, 6.07) is 0. The van der Waals surface area contributed by atoms with Gasteiger partial charge < -0.3 is 5.73 Å². The summed E-state index contributed by atoms with van der Waals surface area (Å²) < 4.78 is 15.7. The molecule has 7 atom stereocenters. The van der Waals surface area contributed by atoms with Crippen LogP contribution in [0.4, 0.5) is 4.39 Å². The van der Waals surface area contributed by atoms with E-state index in [1.54, 1.807) is 5.57 Å². The van der Waals surface area contributed by atoms with Crippen molar-refractivity contribution in [2.75, 3.05) is 0 Å². The number of nitrogens with two attached hydrogens (primary N) is 1. The van der Waals surface area contributed by atoms with E-state index < -0.39 is 11.6 Å². The van der Waals surface area contributed by atoms with Gasteiger partial charge in [0.2, 0.25) is 0 Å². The summed E-state index contributed by atoms with van der Waals surface area (Å²) in [4.78, 5) is 0. The van der Waals surface area contributed by atoms with Gasteiger partial charge in [-0.25, -0.2) is 4.39 Å². The summed E-state index contributed by atoms with van der Waals surface area (Å²) >= 11 is 0. The first kappa shape index (κ1) is 17.5. The summed E-state index contributed by atoms with van der Waals surface area (Å²) in [7, 11) is 0. The SMILES string of the molecule is C=CCC1=CCC2C3(N)CC=C4CC(C)CCC4(C)C3CC(F)C12C. The zero-order valence-electron chi connectivity index (χ0n) is 16.2. The van der Waals surface area contributed by atoms with Crippen molar-refractivity contribution < 1.29 is 4.39 Å². The summed E-state index contributed by atoms with van der Waals surface area (Å²) in [6.45, 7) is 10.8. The number of fused-ring (bicyclic) bond motifs is 5. The number of allylic oxidation sites excluding steroid dienone is 4. The van der Waals surface area contributed by atoms with Crippen molar-refractivity contribution in [1.29, 1.82) is 0 Å². The van der Waals surface area contributed by atoms with Gasteiger partial charge in [-0.1, -0.05) is 50.1 Å². The number of alkyl halides is 1. The Kier molecular flexibility index (Phi) is 3.89. The molecule has 0 heterocycles. The van der Waals surface area contributed by atoms with Crippen LogP contribution in [0.3, 0.4) is 0 Å². The van der Waals surface area contributed by atoms with E-state index >= 15 is 4.39 Å². The first-order valence-electron chi connectivity index (χ1n) is 10.2. The highest BCUT2D eigenvalue weighted by atomic mass is 19.1. The second-order valence-corrected chi connectivity index (χ2v) is 9.86. The van der Waals surface area contributed by atoms with Gasteiger partial charge in [-0.05, 0) is 68.1 Å². The Morgan fingerprint density at radius 2 is 2.08 bits per heavy atom. The molecule has 4 rings (SSSR count). The van der Waals surface area contributed by atoms with Gasteiger partial charge in [0.25, 0.3) is 0 Å². The Labute approximate surface area is 152 Å². The predicted molar refractivity (Wildman–Crippen MR) is 103 cm³/mol. The Morgan fingerprint density at radius 3 is 2.80 bits per heavy atom. The molecule has 0 spiro atoms. The third-order valence-corrected chi connectivity index (χ3v) is 8.70. The van der Waals surface area contributed by atoms with E-state index in [2.05, 4.69) is 39.5 Å². The van der Waals surface area contributed by atoms with Gasteiger partial charge in [0.15, 0.2) is 0 Å². The number of hydrogen-bond donors (Lipinski definition) is 1. The van der Waals surface area contributed by atoms with Crippen molar-refractivity contribution in [3.63, 3.8) is 0 Å². The van der Waals surface area contributed by atoms with E-state index in [9.17, 15) is 0 Å². The smallest absolute Gasteiger partial charge is 0.110 e. The van der Waals surface area contributed by atoms with E-state index in [-0.39, 0.29) is 22.8 Å². The Bertz CT molecular complexity index is 648. The van der Waals surface area contributed by atoms with E-state index in [0.717, 1.165) is 25.2 Å². The average molecular weight is 344 g/mol. The van der Waals surface area contributed by atoms with Crippen molar-refractivity contribution in [3.8, 4) is 0 Å². The Hall–Kier alpha value is -0.890. The largest absolute Gasteiger partial charge is 0.324 e. The standard InChI is InChI=1S/C23H34FN/c1-5-6-16-7-8-18-22(16,4)20(24)14-19-21(3)11-9-15(2)13-17(21)10-12-23(18,19)25/h5,7,10,15,18-20H,1,6,8-9,11-14,25H2,2-4H3. The molecule has 1 nitrogen and oxygen atoms in total. The van der Waals surface area contributed by atoms with Crippen molar-refractivity contribution in [1.82, 2.24) is 0 Å². The summed E-state index contributed by atoms with van der Waals surface area (Å²) in [5.41, 5.74) is 9.46. The van der Waals surface area contributed by atoms with E-state index in [4.69, 9.17) is 5.73 Å². The molecule has 138 valence electrons. The molecular weight excluding hydrogens is 309 g/mol. The van der Waals surface area contributed by atoms with Crippen LogP contribution in [0.25, 0.3) is 0 Å². The summed E-state index contributed by atoms with van der Waals surface area (Å²) in [5, 5.41) is 0. The minimum atomic E-state index is -0.789. The van der Waals surface area contributed by atoms with E-state index in [1.165, 1.54) is 24.8 Å². The van der Waals surface area contributed by atoms with Gasteiger partial charge in [0.1, 0.15) is 6.17 Å². The van der Waals surface area contributed by atoms with Gasteiger partial charge in [-0.3, -0.25) is 0 Å². The normalized spacial score (nSPS) is 51.7. The molecular formula is C23H34FN. The lowest BCUT2D eigenvalue weighted by atomic mass is 9.43. The van der Waals surface area contributed by atoms with Crippen LogP contribution in [0, 0.1) is 28.6 Å². The topological polar surface area (TPSA) is 26.0 Å². The molecule has 0 aromatic carbocycles. The fraction of sp³-hybridized carbons (Fsp3) is 0.739. The van der Waals surface area contributed by atoms with Crippen molar-refractivity contribution in [3.05, 3.63) is 36.0 Å². The molecule has 0 radical (unpaired) electrons. The molecule has 2 saturated carbocycles. The van der Waals surface area contributed by atoms with Crippen molar-refractivity contribution in [2.45, 2.75) is 77.4 Å². The average Bonchev–Trinajstić information content (AvgIpc) is 2.91. The quantitative estimate of drug-likeness (QED) is 0.637. The molecule has 4 aliphatic rings. The minimum Gasteiger partial charge on any atom is -0.324 e. The van der Waals surface area contributed by atoms with Gasteiger partial charge in [0.05, 0.1) is 0 Å². The van der Waals surface area contributed by atoms with Gasteiger partial charge in [0, 0.05) is 11.0 Å². The van der Waals surface area contributed by atoms with Crippen LogP contribution in [0.15, 0.2) is 36.0 Å². The maximum Gasteiger partial charge on any atom is 0.110 e. The van der Waals surface area contributed by atoms with Crippen LogP contribution in [0.5, 0.6) is 0 Å². The lowest BCUT2D eigenvalue weighted by Crippen LogP contribution is -2.68. The van der Waals surface area contributed by atoms with Crippen LogP contribution in [-0.4, -0.2) is 11.7 Å². The van der Waals surface area contributed by atoms with Crippen LogP contribution in [0.1, 0.15) is 65.7 Å². The molecule has 0 aromatic heterocycles. The number of halogens is 1. The highest BCUT2D eigenvalue weighted by Gasteiger charge is 2.65. The van der Waals surface area contributed by atoms with Gasteiger partial charge in [-0.15, -0.1) is 6.58 Å². The highest BCUT2D eigenvalue weighted by Crippen LogP contribution is 2.66. The fourth-order valence-corrected chi connectivity index (χ4v) is 7.09. The summed E-state index contributed by atoms with van der Waals surface area (Å²) in [6.07, 6.45) is 12.8. The molecule has 0 saturated heterocycles. The monoisotopic (exact) mass is 343 g/mol. The molecule has 0 bridgehead atoms. The van der Waals surface area contributed by atoms with Crippen molar-refractivity contribution >= 4 is 0 Å². The zero-order chi connectivity index (χ0) is 18.0. The highest BCUT2D eigenvalue weighted by molar-refractivity contribution is 5.37. The lowest BCUT2D eigenvalue weighted by molar-refractivity contribution is -0.0862. The molecule has 7 unspecified atom stereocenters. The van der Waals surface area contributed by atoms with Gasteiger partial charge in [-0.2, -0.15) is 0 Å². The van der Waals surface area contributed by atoms with Crippen LogP contribution in [-0.2, 0) is 0 Å². The van der Waals surface area contributed by atoms with E-state index in [0.29, 0.717) is 6.42 Å². The maximum absolute atomic E-state index is 15.7. The molecule has 0 amide bonds. The van der Waals surface area contributed by atoms with E-state index in [1.807, 2.05) is 6.08 Å². The van der Waals surface area contributed by atoms with Crippen LogP contribution in [0.2, 0.25) is 0 Å². The van der Waals surface area contributed by atoms with Crippen LogP contribution >= 0.6 is 0 Å². The zero-order valence-corrected chi connectivity index (χ0v) is 16.2. The number of rotatable bonds is 2. The lowest BCUT2D eigenvalue weighted by Gasteiger charge is -2.63. The Balaban J connectivity index is 1.76. The molecule has 4 aliphatic carbocycles. The van der Waals surface area contributed by atoms with Crippen molar-refractivity contribution in [2.24, 2.45) is 34.3 Å². The Morgan fingerprint density at radius 1 is 1.32 bits per heavy atom. The molecule has 0 aliphatic heterocycles. The number of hydrogen-bond acceptors (Lipinski definition) is 1. The minimum absolute atomic E-state index is 0.104. The third kappa shape index (κ3) is 2.16. The first-order chi connectivity index (χ1) is 11.8. The molecule has 2 N–H and O–H groups in total. The summed E-state index contributed by atoms with van der Waals surface area (Å²) in [5.74, 6) is 1.25. The molecule has 0 aromatic rings. The second-order valence-electron chi connectivity index (χ2n) is 9.86. The third-order valence-electron chi connectivity index (χ3n) is 8.70. The van der Waals surface area contributed by atoms with Crippen LogP contribution < -0.4 is 5.73 Å². The van der Waals surface area contributed by atoms with Gasteiger partial charge >= 0.3 is 0 Å². The second kappa shape index (κ2) is 5.55. The predicted octanol–water partition coefficient (Wildman–Crippen LogP) is 5.73. The molecule has 25 heavy (non-hydrogen) atoms. The molecule has 2 fully saturated rings. The fourth-order valence-electron chi connectivity index (χ4n) is 7.09. The molecule has 2 heteroatoms. The maximum atomic E-state index is 15.7.